The minimum atomic E-state index is -2.16. The Balaban J connectivity index is 0.00000168. The number of rotatable bonds is 4. The van der Waals surface area contributed by atoms with Crippen molar-refractivity contribution in [3.05, 3.63) is 153 Å². The van der Waals surface area contributed by atoms with E-state index in [0.717, 1.165) is 0 Å². The van der Waals surface area contributed by atoms with Crippen molar-refractivity contribution < 1.29 is 42.2 Å². The van der Waals surface area contributed by atoms with E-state index in [9.17, 15) is 0 Å². The summed E-state index contributed by atoms with van der Waals surface area (Å²) < 4.78 is 2.57. The molecule has 0 N–H and O–H groups in total. The summed E-state index contributed by atoms with van der Waals surface area (Å²) in [5, 5.41) is 0. The zero-order valence-corrected chi connectivity index (χ0v) is 25.4. The number of halogens is 2. The van der Waals surface area contributed by atoms with Gasteiger partial charge in [0.1, 0.15) is 0 Å². The molecule has 2 unspecified atom stereocenters. The van der Waals surface area contributed by atoms with Gasteiger partial charge in [-0.15, -0.1) is 0 Å². The van der Waals surface area contributed by atoms with Crippen molar-refractivity contribution in [3.63, 3.8) is 0 Å². The van der Waals surface area contributed by atoms with Gasteiger partial charge in [-0.25, -0.2) is 0 Å². The molecule has 0 saturated carbocycles. The maximum atomic E-state index is 2.49. The molecule has 4 aromatic carbocycles. The number of benzene rings is 4. The molecule has 0 nitrogen and oxygen atoms in total. The maximum absolute atomic E-state index is 2.49. The molecule has 0 saturated heterocycles. The van der Waals surface area contributed by atoms with Crippen LogP contribution in [-0.4, -0.2) is 3.81 Å². The van der Waals surface area contributed by atoms with Gasteiger partial charge in [0.25, 0.3) is 0 Å². The van der Waals surface area contributed by atoms with Gasteiger partial charge in [-0.2, -0.15) is 0 Å². The van der Waals surface area contributed by atoms with Gasteiger partial charge in [-0.3, -0.25) is 0 Å². The van der Waals surface area contributed by atoms with Gasteiger partial charge in [0, 0.05) is 0 Å². The number of hydrogen-bond acceptors (Lipinski definition) is 0. The van der Waals surface area contributed by atoms with Gasteiger partial charge in [0.05, 0.1) is 0 Å². The quantitative estimate of drug-likeness (QED) is 0.331. The minimum absolute atomic E-state index is 0. The topological polar surface area (TPSA) is 0 Å². The van der Waals surface area contributed by atoms with Crippen molar-refractivity contribution in [2.45, 2.75) is 36.1 Å². The molecular formula is C35H32Cl2Ti. The monoisotopic (exact) mass is 570 g/mol. The first-order valence-electron chi connectivity index (χ1n) is 12.9. The molecule has 0 bridgehead atoms. The van der Waals surface area contributed by atoms with Crippen molar-refractivity contribution in [1.82, 2.24) is 0 Å². The normalized spacial score (nSPS) is 16.6. The van der Waals surface area contributed by atoms with Gasteiger partial charge in [0.2, 0.25) is 0 Å². The second-order valence-electron chi connectivity index (χ2n) is 10.4. The van der Waals surface area contributed by atoms with E-state index >= 15 is 0 Å². The Bertz CT molecular complexity index is 1450. The number of aryl methyl sites for hydroxylation is 2. The summed E-state index contributed by atoms with van der Waals surface area (Å²) >= 11 is -2.16. The molecular weight excluding hydrogens is 539 g/mol. The van der Waals surface area contributed by atoms with Crippen LogP contribution in [0.3, 0.4) is 0 Å². The van der Waals surface area contributed by atoms with Gasteiger partial charge in [-0.05, 0) is 0 Å². The minimum Gasteiger partial charge on any atom is -1.00 e. The predicted octanol–water partition coefficient (Wildman–Crippen LogP) is 2.81. The molecule has 0 spiro atoms. The molecule has 2 atom stereocenters. The molecule has 0 amide bonds. The van der Waals surface area contributed by atoms with E-state index in [0.29, 0.717) is 8.45 Å². The summed E-state index contributed by atoms with van der Waals surface area (Å²) in [6.07, 6.45) is 4.97. The summed E-state index contributed by atoms with van der Waals surface area (Å²) in [6.45, 7) is 9.30. The Hall–Kier alpha value is -2.48. The standard InChI is InChI=1S/C13H10.2C11H11.2ClH.Ti/c1-3-7-12(8-4-1)11-13-9-5-2-6-10-13;2*1-8-6-10-5-3-4-9(2)11(10)7-8;;;/h1-10H;2*3-7H,1-2H3;2*1H;/q;;;;;+2/p-2. The predicted molar refractivity (Wildman–Crippen MR) is 151 cm³/mol. The molecule has 0 radical (unpaired) electrons. The van der Waals surface area contributed by atoms with E-state index in [4.69, 9.17) is 0 Å². The third kappa shape index (κ3) is 4.85. The SMILES string of the molecule is CC1=Cc2c(C)cccc2[CH]1[Ti+2](=[C](c1ccccc1)c1ccccc1)[CH]1C(C)=Cc2c(C)cccc21.[Cl-].[Cl-]. The van der Waals surface area contributed by atoms with Crippen LogP contribution in [-0.2, 0) is 17.4 Å². The van der Waals surface area contributed by atoms with Crippen molar-refractivity contribution in [1.29, 1.82) is 0 Å². The van der Waals surface area contributed by atoms with Crippen molar-refractivity contribution in [2.75, 3.05) is 0 Å². The molecule has 6 rings (SSSR count). The summed E-state index contributed by atoms with van der Waals surface area (Å²) in [6, 6.07) is 36.4. The molecule has 38 heavy (non-hydrogen) atoms. The molecule has 0 fully saturated rings. The zero-order chi connectivity index (χ0) is 24.8. The Morgan fingerprint density at radius 2 is 0.895 bits per heavy atom. The van der Waals surface area contributed by atoms with Gasteiger partial charge in [0.15, 0.2) is 0 Å². The van der Waals surface area contributed by atoms with E-state index < -0.39 is 17.4 Å². The van der Waals surface area contributed by atoms with Crippen molar-refractivity contribution >= 4 is 16.0 Å². The molecule has 4 aromatic rings. The van der Waals surface area contributed by atoms with E-state index in [1.807, 2.05) is 0 Å². The summed E-state index contributed by atoms with van der Waals surface area (Å²) in [5.41, 5.74) is 14.6. The molecule has 0 aromatic heterocycles. The molecule has 0 aliphatic heterocycles. The third-order valence-electron chi connectivity index (χ3n) is 8.03. The first-order chi connectivity index (χ1) is 17.5. The molecule has 0 heterocycles. The second kappa shape index (κ2) is 11.7. The van der Waals surface area contributed by atoms with Crippen LogP contribution in [0.25, 0.3) is 12.2 Å². The molecule has 2 aliphatic rings. The summed E-state index contributed by atoms with van der Waals surface area (Å²) in [4.78, 5) is 0. The Morgan fingerprint density at radius 1 is 0.500 bits per heavy atom. The van der Waals surface area contributed by atoms with Gasteiger partial charge in [-0.1, -0.05) is 0 Å². The van der Waals surface area contributed by atoms with Crippen LogP contribution in [0.4, 0.5) is 0 Å². The van der Waals surface area contributed by atoms with E-state index in [2.05, 4.69) is 137 Å². The fourth-order valence-electron chi connectivity index (χ4n) is 6.41. The van der Waals surface area contributed by atoms with Crippen molar-refractivity contribution in [3.8, 4) is 0 Å². The summed E-state index contributed by atoms with van der Waals surface area (Å²) in [5.74, 6) is 0. The number of hydrogen-bond donors (Lipinski definition) is 0. The number of fused-ring (bicyclic) bond motifs is 2. The smallest absolute Gasteiger partial charge is 1.00 e. The Labute approximate surface area is 245 Å². The van der Waals surface area contributed by atoms with Crippen LogP contribution in [0.5, 0.6) is 0 Å². The average molecular weight is 571 g/mol. The van der Waals surface area contributed by atoms with Crippen LogP contribution in [0, 0.1) is 13.8 Å². The zero-order valence-electron chi connectivity index (χ0n) is 22.3. The first kappa shape index (κ1) is 28.5. The molecule has 190 valence electrons. The van der Waals surface area contributed by atoms with E-state index in [1.165, 1.54) is 44.5 Å². The van der Waals surface area contributed by atoms with Crippen LogP contribution >= 0.6 is 0 Å². The largest absolute Gasteiger partial charge is 1.00 e. The summed E-state index contributed by atoms with van der Waals surface area (Å²) in [7, 11) is 0. The van der Waals surface area contributed by atoms with Gasteiger partial charge < -0.3 is 24.8 Å². The van der Waals surface area contributed by atoms with Crippen LogP contribution in [0.1, 0.15) is 66.8 Å². The first-order valence-corrected chi connectivity index (χ1v) is 15.5. The Morgan fingerprint density at radius 3 is 1.29 bits per heavy atom. The van der Waals surface area contributed by atoms with Crippen molar-refractivity contribution in [2.24, 2.45) is 0 Å². The second-order valence-corrected chi connectivity index (χ2v) is 14.4. The molecule has 2 aliphatic carbocycles. The molecule has 3 heteroatoms. The fourth-order valence-corrected chi connectivity index (χ4v) is 13.0. The van der Waals surface area contributed by atoms with Gasteiger partial charge >= 0.3 is 222 Å². The van der Waals surface area contributed by atoms with Crippen LogP contribution in [0.2, 0.25) is 0 Å². The number of allylic oxidation sites excluding steroid dienone is 2. The maximum Gasteiger partial charge on any atom is -1.00 e. The fraction of sp³-hybridized carbons (Fsp3) is 0.171. The Kier molecular flexibility index (Phi) is 8.80. The van der Waals surface area contributed by atoms with E-state index in [-0.39, 0.29) is 24.8 Å². The van der Waals surface area contributed by atoms with E-state index in [1.54, 1.807) is 14.9 Å². The van der Waals surface area contributed by atoms with Crippen LogP contribution in [0.15, 0.2) is 108 Å². The third-order valence-corrected chi connectivity index (χ3v) is 14.2. The average Bonchev–Trinajstić information content (AvgIpc) is 3.41. The van der Waals surface area contributed by atoms with Crippen LogP contribution < -0.4 is 24.8 Å².